The zero-order valence-electron chi connectivity index (χ0n) is 15.2. The highest BCUT2D eigenvalue weighted by atomic mass is 35.5. The summed E-state index contributed by atoms with van der Waals surface area (Å²) in [6.07, 6.45) is -3.95. The number of amides is 1. The predicted octanol–water partition coefficient (Wildman–Crippen LogP) is 5.23. The molecule has 29 heavy (non-hydrogen) atoms. The summed E-state index contributed by atoms with van der Waals surface area (Å²) in [5.41, 5.74) is -0.114. The first-order valence-corrected chi connectivity index (χ1v) is 9.95. The molecule has 1 amide bonds. The van der Waals surface area contributed by atoms with Gasteiger partial charge in [0.05, 0.1) is 16.3 Å². The molecule has 0 unspecified atom stereocenters. The maximum atomic E-state index is 13.0. The van der Waals surface area contributed by atoms with Crippen molar-refractivity contribution in [2.24, 2.45) is 0 Å². The molecule has 0 saturated heterocycles. The summed E-state index contributed by atoms with van der Waals surface area (Å²) in [5.74, 6) is 0.233. The molecule has 1 heterocycles. The number of para-hydroxylation sites is 1. The maximum Gasteiger partial charge on any atom is 0.417 e. The van der Waals surface area contributed by atoms with Gasteiger partial charge in [-0.05, 0) is 30.3 Å². The Labute approximate surface area is 174 Å². The number of benzene rings is 2. The number of hydrogen-bond donors (Lipinski definition) is 1. The number of nitrogens with one attached hydrogen (secondary N) is 1. The summed E-state index contributed by atoms with van der Waals surface area (Å²) in [6, 6.07) is 12.7. The number of aromatic nitrogens is 3. The van der Waals surface area contributed by atoms with E-state index in [9.17, 15) is 18.0 Å². The molecule has 10 heteroatoms. The standard InChI is InChI=1S/C19H16ClF3N4OS/c1-2-16-25-26-18(27(16)13-6-4-3-5-7-13)29-11-17(28)24-12-8-9-15(20)14(10-12)19(21,22)23/h3-10H,2,11H2,1H3,(H,24,28). The molecule has 0 atom stereocenters. The van der Waals surface area contributed by atoms with Crippen molar-refractivity contribution >= 4 is 35.0 Å². The van der Waals surface area contributed by atoms with Crippen LogP contribution in [0.1, 0.15) is 18.3 Å². The quantitative estimate of drug-likeness (QED) is 0.533. The summed E-state index contributed by atoms with van der Waals surface area (Å²) in [4.78, 5) is 12.3. The number of rotatable bonds is 6. The van der Waals surface area contributed by atoms with E-state index >= 15 is 0 Å². The second kappa shape index (κ2) is 8.87. The Morgan fingerprint density at radius 3 is 2.55 bits per heavy atom. The van der Waals surface area contributed by atoms with Crippen molar-refractivity contribution < 1.29 is 18.0 Å². The summed E-state index contributed by atoms with van der Waals surface area (Å²) < 4.78 is 40.7. The first-order valence-electron chi connectivity index (χ1n) is 8.58. The fraction of sp³-hybridized carbons (Fsp3) is 0.211. The predicted molar refractivity (Wildman–Crippen MR) is 107 cm³/mol. The third-order valence-electron chi connectivity index (χ3n) is 3.92. The number of anilines is 1. The molecule has 5 nitrogen and oxygen atoms in total. The molecular formula is C19H16ClF3N4OS. The smallest absolute Gasteiger partial charge is 0.325 e. The van der Waals surface area contributed by atoms with Crippen molar-refractivity contribution in [2.45, 2.75) is 24.7 Å². The minimum atomic E-state index is -4.60. The molecule has 3 aromatic rings. The molecule has 0 saturated carbocycles. The van der Waals surface area contributed by atoms with Crippen LogP contribution in [0.3, 0.4) is 0 Å². The van der Waals surface area contributed by atoms with Crippen LogP contribution < -0.4 is 5.32 Å². The molecule has 0 aliphatic heterocycles. The van der Waals surface area contributed by atoms with Crippen LogP contribution in [0, 0.1) is 0 Å². The lowest BCUT2D eigenvalue weighted by molar-refractivity contribution is -0.137. The second-order valence-corrected chi connectivity index (χ2v) is 7.30. The minimum Gasteiger partial charge on any atom is -0.325 e. The van der Waals surface area contributed by atoms with E-state index in [-0.39, 0.29) is 11.4 Å². The maximum absolute atomic E-state index is 13.0. The van der Waals surface area contributed by atoms with Crippen molar-refractivity contribution in [3.8, 4) is 5.69 Å². The van der Waals surface area contributed by atoms with E-state index in [1.807, 2.05) is 41.8 Å². The van der Waals surface area contributed by atoms with Gasteiger partial charge in [0.15, 0.2) is 5.16 Å². The topological polar surface area (TPSA) is 59.8 Å². The zero-order chi connectivity index (χ0) is 21.0. The molecule has 0 aliphatic rings. The average Bonchev–Trinajstić information content (AvgIpc) is 3.10. The van der Waals surface area contributed by atoms with Crippen molar-refractivity contribution in [2.75, 3.05) is 11.1 Å². The molecule has 0 aliphatic carbocycles. The Kier molecular flexibility index (Phi) is 6.49. The van der Waals surface area contributed by atoms with E-state index in [4.69, 9.17) is 11.6 Å². The van der Waals surface area contributed by atoms with Gasteiger partial charge in [0.1, 0.15) is 5.82 Å². The Morgan fingerprint density at radius 2 is 1.90 bits per heavy atom. The first-order chi connectivity index (χ1) is 13.8. The van der Waals surface area contributed by atoms with Gasteiger partial charge in [-0.15, -0.1) is 10.2 Å². The molecule has 0 radical (unpaired) electrons. The van der Waals surface area contributed by atoms with Crippen molar-refractivity contribution in [1.82, 2.24) is 14.8 Å². The van der Waals surface area contributed by atoms with E-state index in [0.29, 0.717) is 11.6 Å². The lowest BCUT2D eigenvalue weighted by Gasteiger charge is -2.12. The summed E-state index contributed by atoms with van der Waals surface area (Å²) >= 11 is 6.74. The molecule has 1 N–H and O–H groups in total. The fourth-order valence-electron chi connectivity index (χ4n) is 2.61. The van der Waals surface area contributed by atoms with Crippen LogP contribution in [0.2, 0.25) is 5.02 Å². The highest BCUT2D eigenvalue weighted by Crippen LogP contribution is 2.36. The summed E-state index contributed by atoms with van der Waals surface area (Å²) in [6.45, 7) is 1.95. The lowest BCUT2D eigenvalue weighted by Crippen LogP contribution is -2.15. The van der Waals surface area contributed by atoms with E-state index in [0.717, 1.165) is 35.4 Å². The number of thioether (sulfide) groups is 1. The number of alkyl halides is 3. The van der Waals surface area contributed by atoms with Gasteiger partial charge in [-0.1, -0.05) is 48.5 Å². The Balaban J connectivity index is 1.72. The largest absolute Gasteiger partial charge is 0.417 e. The number of carbonyl (C=O) groups is 1. The lowest BCUT2D eigenvalue weighted by atomic mass is 10.2. The van der Waals surface area contributed by atoms with E-state index < -0.39 is 22.7 Å². The molecule has 0 spiro atoms. The van der Waals surface area contributed by atoms with Crippen molar-refractivity contribution in [3.63, 3.8) is 0 Å². The Morgan fingerprint density at radius 1 is 1.17 bits per heavy atom. The van der Waals surface area contributed by atoms with Crippen LogP contribution >= 0.6 is 23.4 Å². The number of aryl methyl sites for hydroxylation is 1. The number of halogens is 4. The van der Waals surface area contributed by atoms with Crippen molar-refractivity contribution in [1.29, 1.82) is 0 Å². The molecule has 152 valence electrons. The molecular weight excluding hydrogens is 425 g/mol. The van der Waals surface area contributed by atoms with Gasteiger partial charge < -0.3 is 5.32 Å². The van der Waals surface area contributed by atoms with Crippen LogP contribution in [-0.4, -0.2) is 26.4 Å². The van der Waals surface area contributed by atoms with Gasteiger partial charge >= 0.3 is 6.18 Å². The normalized spacial score (nSPS) is 11.5. The van der Waals surface area contributed by atoms with Crippen LogP contribution in [0.15, 0.2) is 53.7 Å². The van der Waals surface area contributed by atoms with E-state index in [2.05, 4.69) is 15.5 Å². The highest BCUT2D eigenvalue weighted by Gasteiger charge is 2.33. The first kappa shape index (κ1) is 21.2. The second-order valence-electron chi connectivity index (χ2n) is 5.95. The van der Waals surface area contributed by atoms with Gasteiger partial charge in [-0.2, -0.15) is 13.2 Å². The van der Waals surface area contributed by atoms with Crippen LogP contribution in [-0.2, 0) is 17.4 Å². The molecule has 1 aromatic heterocycles. The third-order valence-corrected chi connectivity index (χ3v) is 5.18. The summed E-state index contributed by atoms with van der Waals surface area (Å²) in [5, 5.41) is 10.8. The molecule has 3 rings (SSSR count). The van der Waals surface area contributed by atoms with Gasteiger partial charge in [0.2, 0.25) is 5.91 Å². The average molecular weight is 441 g/mol. The van der Waals surface area contributed by atoms with Crippen LogP contribution in [0.25, 0.3) is 5.69 Å². The van der Waals surface area contributed by atoms with Gasteiger partial charge in [-0.3, -0.25) is 9.36 Å². The van der Waals surface area contributed by atoms with Crippen LogP contribution in [0.5, 0.6) is 0 Å². The molecule has 0 bridgehead atoms. The van der Waals surface area contributed by atoms with Crippen molar-refractivity contribution in [3.05, 3.63) is 64.9 Å². The van der Waals surface area contributed by atoms with Gasteiger partial charge in [-0.25, -0.2) is 0 Å². The van der Waals surface area contributed by atoms with E-state index in [1.54, 1.807) is 0 Å². The SMILES string of the molecule is CCc1nnc(SCC(=O)Nc2ccc(Cl)c(C(F)(F)F)c2)n1-c1ccccc1. The minimum absolute atomic E-state index is 0.0195. The summed E-state index contributed by atoms with van der Waals surface area (Å²) in [7, 11) is 0. The Bertz CT molecular complexity index is 1010. The zero-order valence-corrected chi connectivity index (χ0v) is 16.8. The van der Waals surface area contributed by atoms with E-state index in [1.165, 1.54) is 6.07 Å². The van der Waals surface area contributed by atoms with Crippen LogP contribution in [0.4, 0.5) is 18.9 Å². The van der Waals surface area contributed by atoms with Gasteiger partial charge in [0, 0.05) is 17.8 Å². The fourth-order valence-corrected chi connectivity index (χ4v) is 3.60. The number of carbonyl (C=O) groups excluding carboxylic acids is 1. The molecule has 2 aromatic carbocycles. The molecule has 0 fully saturated rings. The number of hydrogen-bond acceptors (Lipinski definition) is 4. The monoisotopic (exact) mass is 440 g/mol. The van der Waals surface area contributed by atoms with Gasteiger partial charge in [0.25, 0.3) is 0 Å². The Hall–Kier alpha value is -2.52. The third kappa shape index (κ3) is 5.10. The number of nitrogens with zero attached hydrogens (tertiary/aromatic N) is 3. The highest BCUT2D eigenvalue weighted by molar-refractivity contribution is 7.99.